The molecule has 1 saturated carbocycles. The van der Waals surface area contributed by atoms with E-state index in [1.807, 2.05) is 6.92 Å². The largest absolute Gasteiger partial charge is 0.297 e. The van der Waals surface area contributed by atoms with Gasteiger partial charge in [-0.3, -0.25) is 5.32 Å². The second-order valence-electron chi connectivity index (χ2n) is 5.14. The standard InChI is InChI=1S/C13H20N4S2/c1-3-11-15-12(19-17-11)18-8-4-7-13(2,9-14)16-10-5-6-10/h10,16H,3-8H2,1-2H3. The van der Waals surface area contributed by atoms with E-state index < -0.39 is 0 Å². The van der Waals surface area contributed by atoms with Crippen LogP contribution in [0.5, 0.6) is 0 Å². The Morgan fingerprint density at radius 1 is 1.58 bits per heavy atom. The summed E-state index contributed by atoms with van der Waals surface area (Å²) in [5.41, 5.74) is -0.364. The van der Waals surface area contributed by atoms with Gasteiger partial charge in [0.2, 0.25) is 0 Å². The molecule has 1 aliphatic carbocycles. The maximum atomic E-state index is 9.27. The predicted octanol–water partition coefficient (Wildman–Crippen LogP) is 3.01. The molecule has 6 heteroatoms. The van der Waals surface area contributed by atoms with Gasteiger partial charge in [-0.2, -0.15) is 9.64 Å². The van der Waals surface area contributed by atoms with Gasteiger partial charge in [0.05, 0.1) is 6.07 Å². The molecule has 1 fully saturated rings. The van der Waals surface area contributed by atoms with Gasteiger partial charge in [0.25, 0.3) is 0 Å². The summed E-state index contributed by atoms with van der Waals surface area (Å²) in [5, 5.41) is 12.7. The highest BCUT2D eigenvalue weighted by atomic mass is 32.2. The number of aromatic nitrogens is 2. The first-order valence-electron chi connectivity index (χ1n) is 6.79. The zero-order valence-electron chi connectivity index (χ0n) is 11.5. The van der Waals surface area contributed by atoms with E-state index in [1.165, 1.54) is 24.4 Å². The minimum atomic E-state index is -0.364. The van der Waals surface area contributed by atoms with E-state index in [2.05, 4.69) is 27.7 Å². The molecule has 104 valence electrons. The van der Waals surface area contributed by atoms with E-state index >= 15 is 0 Å². The van der Waals surface area contributed by atoms with Gasteiger partial charge < -0.3 is 0 Å². The Kier molecular flexibility index (Phi) is 5.20. The van der Waals surface area contributed by atoms with E-state index in [0.29, 0.717) is 6.04 Å². The monoisotopic (exact) mass is 296 g/mol. The number of nitrogens with zero attached hydrogens (tertiary/aromatic N) is 3. The van der Waals surface area contributed by atoms with E-state index in [1.54, 1.807) is 11.8 Å². The molecule has 0 spiro atoms. The number of aryl methyl sites for hydroxylation is 1. The topological polar surface area (TPSA) is 61.6 Å². The van der Waals surface area contributed by atoms with Crippen molar-refractivity contribution < 1.29 is 0 Å². The summed E-state index contributed by atoms with van der Waals surface area (Å²) in [7, 11) is 0. The lowest BCUT2D eigenvalue weighted by molar-refractivity contribution is 0.412. The quantitative estimate of drug-likeness (QED) is 0.590. The number of thioether (sulfide) groups is 1. The van der Waals surface area contributed by atoms with Crippen molar-refractivity contribution >= 4 is 23.3 Å². The lowest BCUT2D eigenvalue weighted by Gasteiger charge is -2.22. The fraction of sp³-hybridized carbons (Fsp3) is 0.769. The van der Waals surface area contributed by atoms with Gasteiger partial charge in [0.15, 0.2) is 4.34 Å². The molecule has 0 bridgehead atoms. The highest BCUT2D eigenvalue weighted by Crippen LogP contribution is 2.26. The molecule has 0 radical (unpaired) electrons. The second-order valence-corrected chi connectivity index (χ2v) is 7.24. The van der Waals surface area contributed by atoms with Crippen LogP contribution < -0.4 is 5.32 Å². The molecule has 4 nitrogen and oxygen atoms in total. The second kappa shape index (κ2) is 6.69. The zero-order valence-corrected chi connectivity index (χ0v) is 13.1. The summed E-state index contributed by atoms with van der Waals surface area (Å²) < 4.78 is 5.32. The van der Waals surface area contributed by atoms with Crippen molar-refractivity contribution in [2.45, 2.75) is 61.9 Å². The van der Waals surface area contributed by atoms with Gasteiger partial charge in [-0.1, -0.05) is 18.7 Å². The molecule has 1 aliphatic rings. The molecule has 1 heterocycles. The fourth-order valence-corrected chi connectivity index (χ4v) is 3.57. The summed E-state index contributed by atoms with van der Waals surface area (Å²) in [6.45, 7) is 4.08. The van der Waals surface area contributed by atoms with Crippen LogP contribution in [0, 0.1) is 11.3 Å². The molecule has 1 atom stereocenters. The SMILES string of the molecule is CCc1nsc(SCCCC(C)(C#N)NC2CC2)n1. The number of nitrogens with one attached hydrogen (secondary N) is 1. The molecule has 2 rings (SSSR count). The smallest absolute Gasteiger partial charge is 0.170 e. The number of rotatable bonds is 8. The van der Waals surface area contributed by atoms with Crippen molar-refractivity contribution in [1.82, 2.24) is 14.7 Å². The van der Waals surface area contributed by atoms with Crippen LogP contribution in [-0.4, -0.2) is 26.7 Å². The molecule has 1 N–H and O–H groups in total. The molecule has 1 aromatic rings. The molecular weight excluding hydrogens is 276 g/mol. The lowest BCUT2D eigenvalue weighted by Crippen LogP contribution is -2.42. The van der Waals surface area contributed by atoms with Crippen molar-refractivity contribution in [3.05, 3.63) is 5.82 Å². The Bertz CT molecular complexity index is 450. The van der Waals surface area contributed by atoms with Crippen LogP contribution in [-0.2, 0) is 6.42 Å². The number of hydrogen-bond donors (Lipinski definition) is 1. The molecule has 1 aromatic heterocycles. The van der Waals surface area contributed by atoms with Crippen LogP contribution in [0.1, 0.15) is 45.4 Å². The first-order valence-corrected chi connectivity index (χ1v) is 8.55. The molecule has 0 amide bonds. The van der Waals surface area contributed by atoms with E-state index in [0.717, 1.165) is 35.2 Å². The van der Waals surface area contributed by atoms with Gasteiger partial charge in [-0.25, -0.2) is 4.98 Å². The Labute approximate surface area is 123 Å². The molecule has 19 heavy (non-hydrogen) atoms. The van der Waals surface area contributed by atoms with Gasteiger partial charge in [-0.05, 0) is 44.1 Å². The Hall–Kier alpha value is -0.640. The van der Waals surface area contributed by atoms with Crippen LogP contribution in [0.3, 0.4) is 0 Å². The van der Waals surface area contributed by atoms with Crippen LogP contribution in [0.4, 0.5) is 0 Å². The first-order chi connectivity index (χ1) is 9.15. The van der Waals surface area contributed by atoms with E-state index in [-0.39, 0.29) is 5.54 Å². The highest BCUT2D eigenvalue weighted by Gasteiger charge is 2.31. The molecular formula is C13H20N4S2. The van der Waals surface area contributed by atoms with Crippen molar-refractivity contribution in [2.75, 3.05) is 5.75 Å². The Balaban J connectivity index is 1.68. The van der Waals surface area contributed by atoms with Gasteiger partial charge in [-0.15, -0.1) is 0 Å². The number of nitriles is 1. The normalized spacial score (nSPS) is 17.9. The van der Waals surface area contributed by atoms with Crippen LogP contribution in [0.2, 0.25) is 0 Å². The predicted molar refractivity (Wildman–Crippen MR) is 79.4 cm³/mol. The third-order valence-corrected chi connectivity index (χ3v) is 5.12. The zero-order chi connectivity index (χ0) is 13.7. The Morgan fingerprint density at radius 3 is 2.95 bits per heavy atom. The minimum Gasteiger partial charge on any atom is -0.297 e. The summed E-state index contributed by atoms with van der Waals surface area (Å²) in [6.07, 6.45) is 5.25. The summed E-state index contributed by atoms with van der Waals surface area (Å²) in [4.78, 5) is 4.43. The van der Waals surface area contributed by atoms with Gasteiger partial charge in [0, 0.05) is 18.2 Å². The molecule has 0 saturated heterocycles. The number of hydrogen-bond acceptors (Lipinski definition) is 6. The third kappa shape index (κ3) is 4.75. The molecule has 1 unspecified atom stereocenters. The van der Waals surface area contributed by atoms with Crippen molar-refractivity contribution in [2.24, 2.45) is 0 Å². The van der Waals surface area contributed by atoms with E-state index in [4.69, 9.17) is 0 Å². The maximum absolute atomic E-state index is 9.27. The minimum absolute atomic E-state index is 0.364. The van der Waals surface area contributed by atoms with Crippen LogP contribution in [0.15, 0.2) is 4.34 Å². The summed E-state index contributed by atoms with van der Waals surface area (Å²) in [5.74, 6) is 1.94. The van der Waals surface area contributed by atoms with Gasteiger partial charge in [0.1, 0.15) is 11.4 Å². The van der Waals surface area contributed by atoms with E-state index in [9.17, 15) is 5.26 Å². The third-order valence-electron chi connectivity index (χ3n) is 3.16. The average molecular weight is 296 g/mol. The summed E-state index contributed by atoms with van der Waals surface area (Å²) in [6, 6.07) is 2.99. The van der Waals surface area contributed by atoms with Crippen LogP contribution in [0.25, 0.3) is 0 Å². The van der Waals surface area contributed by atoms with Crippen molar-refractivity contribution in [1.29, 1.82) is 5.26 Å². The lowest BCUT2D eigenvalue weighted by atomic mass is 9.98. The first kappa shape index (κ1) is 14.8. The van der Waals surface area contributed by atoms with Crippen molar-refractivity contribution in [3.63, 3.8) is 0 Å². The molecule has 0 aromatic carbocycles. The van der Waals surface area contributed by atoms with Gasteiger partial charge >= 0.3 is 0 Å². The summed E-state index contributed by atoms with van der Waals surface area (Å²) >= 11 is 3.23. The maximum Gasteiger partial charge on any atom is 0.170 e. The van der Waals surface area contributed by atoms with Crippen molar-refractivity contribution in [3.8, 4) is 6.07 Å². The average Bonchev–Trinajstić information content (AvgIpc) is 3.09. The molecule has 0 aliphatic heterocycles. The van der Waals surface area contributed by atoms with Crippen LogP contribution >= 0.6 is 23.3 Å². The Morgan fingerprint density at radius 2 is 2.37 bits per heavy atom. The fourth-order valence-electron chi connectivity index (χ4n) is 1.86. The highest BCUT2D eigenvalue weighted by molar-refractivity contribution is 8.00.